The number of rotatable bonds is 8. The van der Waals surface area contributed by atoms with E-state index in [9.17, 15) is 0 Å². The molecule has 0 N–H and O–H groups in total. The second-order valence-corrected chi connectivity index (χ2v) is 27.7. The molecule has 0 saturated heterocycles. The van der Waals surface area contributed by atoms with Crippen molar-refractivity contribution < 1.29 is 25.8 Å². The SMILES string of the molecule is CC(C)(C)c1cc(-c2cccc(-c3cccc4c3-c3ccccc3C43c4ccccc4N(c4ccccc4)c4ccccc43)c2N2[CH-]N(c3[c-]c(Oc4[c-]c5c(cc4)c4ccccc4n5-c4cc(C(C)(C)C)ccn4)ccc3)c3ccccc32)cc(C(C)(C)C)c1.[Pt]. The first kappa shape index (κ1) is 58.6. The summed E-state index contributed by atoms with van der Waals surface area (Å²) < 4.78 is 9.08. The maximum Gasteiger partial charge on any atom is 0.135 e. The number of aromatic nitrogens is 2. The van der Waals surface area contributed by atoms with Crippen LogP contribution in [0.3, 0.4) is 0 Å². The number of ether oxygens (including phenoxy) is 1. The van der Waals surface area contributed by atoms with E-state index in [1.807, 2.05) is 18.3 Å². The van der Waals surface area contributed by atoms with Gasteiger partial charge in [0.2, 0.25) is 0 Å². The number of nitrogens with zero attached hydrogens (tertiary/aromatic N) is 5. The van der Waals surface area contributed by atoms with E-state index in [1.54, 1.807) is 0 Å². The molecule has 0 saturated carbocycles. The molecule has 0 atom stereocenters. The zero-order chi connectivity index (χ0) is 62.1. The van der Waals surface area contributed by atoms with Crippen LogP contribution in [0.4, 0.5) is 39.8 Å². The Labute approximate surface area is 555 Å². The summed E-state index contributed by atoms with van der Waals surface area (Å²) in [5.41, 5.74) is 24.4. The summed E-state index contributed by atoms with van der Waals surface area (Å²) in [7, 11) is 0. The van der Waals surface area contributed by atoms with Gasteiger partial charge in [0.25, 0.3) is 0 Å². The van der Waals surface area contributed by atoms with E-state index in [1.165, 1.54) is 72.6 Å². The predicted octanol–water partition coefficient (Wildman–Crippen LogP) is 22.4. The third-order valence-electron chi connectivity index (χ3n) is 19.0. The van der Waals surface area contributed by atoms with Gasteiger partial charge in [0.1, 0.15) is 5.82 Å². The smallest absolute Gasteiger partial charge is 0.135 e. The molecule has 454 valence electrons. The quantitative estimate of drug-likeness (QED) is 0.142. The monoisotopic (exact) mass is 1370 g/mol. The summed E-state index contributed by atoms with van der Waals surface area (Å²) in [6, 6.07) is 98.8. The zero-order valence-corrected chi connectivity index (χ0v) is 55.6. The first-order valence-electron chi connectivity index (χ1n) is 31.8. The summed E-state index contributed by atoms with van der Waals surface area (Å²) in [5.74, 6) is 2.01. The van der Waals surface area contributed by atoms with Crippen molar-refractivity contribution in [1.29, 1.82) is 0 Å². The van der Waals surface area contributed by atoms with E-state index < -0.39 is 5.41 Å². The molecule has 7 heteroatoms. The van der Waals surface area contributed by atoms with Crippen molar-refractivity contribution in [2.24, 2.45) is 0 Å². The number of anilines is 7. The fourth-order valence-corrected chi connectivity index (χ4v) is 14.6. The molecule has 0 amide bonds. The van der Waals surface area contributed by atoms with Crippen LogP contribution < -0.4 is 19.4 Å². The summed E-state index contributed by atoms with van der Waals surface area (Å²) in [4.78, 5) is 12.1. The maximum atomic E-state index is 6.87. The van der Waals surface area contributed by atoms with Crippen molar-refractivity contribution in [2.45, 2.75) is 84.0 Å². The fourth-order valence-electron chi connectivity index (χ4n) is 14.6. The average molecular weight is 1370 g/mol. The van der Waals surface area contributed by atoms with Crippen molar-refractivity contribution in [3.8, 4) is 50.7 Å². The number of hydrogen-bond acceptors (Lipinski definition) is 5. The van der Waals surface area contributed by atoms with Gasteiger partial charge in [-0.15, -0.1) is 48.1 Å². The molecule has 0 fully saturated rings. The molecule has 13 aromatic rings. The standard InChI is InChI=1S/C85H70N5O.Pt/c1-82(2,3)56-46-47-86-79(51-56)90-73-39-18-14-30-64(73)65-45-44-62(53-78(65)90)91-61-29-23-28-60(52-61)87-54-88(77-43-22-21-42-76(77)87)81-63(55-48-57(83(4,5)6)50-58(49-55)84(7,8)9)32-24-34-67(81)66-33-25-38-72-80(66)68-31-13-15-35-69(68)85(72)70-36-16-19-40-74(70)89(59-26-11-10-12-27-59)75-41-20-17-37-71(75)85;/h10-51,54H,1-9H3;/q-3;. The molecule has 1 spiro atoms. The third kappa shape index (κ3) is 9.35. The van der Waals surface area contributed by atoms with Gasteiger partial charge in [0.05, 0.1) is 16.8 Å². The van der Waals surface area contributed by atoms with Crippen molar-refractivity contribution >= 4 is 61.6 Å². The number of fused-ring (bicyclic) bond motifs is 13. The summed E-state index contributed by atoms with van der Waals surface area (Å²) >= 11 is 0. The van der Waals surface area contributed by atoms with Crippen LogP contribution in [0.2, 0.25) is 0 Å². The second kappa shape index (κ2) is 22.0. The van der Waals surface area contributed by atoms with Gasteiger partial charge in [0, 0.05) is 78.2 Å². The molecular weight excluding hydrogens is 1300 g/mol. The molecule has 92 heavy (non-hydrogen) atoms. The summed E-state index contributed by atoms with van der Waals surface area (Å²) in [5, 5.41) is 2.21. The van der Waals surface area contributed by atoms with Crippen LogP contribution in [0.5, 0.6) is 11.5 Å². The molecule has 6 nitrogen and oxygen atoms in total. The largest absolute Gasteiger partial charge is 0.509 e. The predicted molar refractivity (Wildman–Crippen MR) is 377 cm³/mol. The Kier molecular flexibility index (Phi) is 14.0. The minimum absolute atomic E-state index is 0. The van der Waals surface area contributed by atoms with Crippen LogP contribution in [0.15, 0.2) is 255 Å². The van der Waals surface area contributed by atoms with Gasteiger partial charge >= 0.3 is 0 Å². The van der Waals surface area contributed by atoms with Crippen LogP contribution in [0, 0.1) is 18.8 Å². The first-order chi connectivity index (χ1) is 44.0. The minimum Gasteiger partial charge on any atom is -0.509 e. The van der Waals surface area contributed by atoms with Crippen LogP contribution in [-0.4, -0.2) is 9.55 Å². The molecule has 0 radical (unpaired) electrons. The van der Waals surface area contributed by atoms with Crippen molar-refractivity contribution in [3.05, 3.63) is 313 Å². The van der Waals surface area contributed by atoms with E-state index in [0.717, 1.165) is 67.2 Å². The van der Waals surface area contributed by atoms with Gasteiger partial charge in [-0.05, 0) is 137 Å². The van der Waals surface area contributed by atoms with E-state index in [4.69, 9.17) is 9.72 Å². The first-order valence-corrected chi connectivity index (χ1v) is 31.8. The molecule has 2 aromatic heterocycles. The summed E-state index contributed by atoms with van der Waals surface area (Å²) in [6.45, 7) is 22.9. The molecule has 2 aliphatic heterocycles. The minimum atomic E-state index is -0.635. The van der Waals surface area contributed by atoms with E-state index >= 15 is 0 Å². The van der Waals surface area contributed by atoms with Crippen molar-refractivity contribution in [1.82, 2.24) is 9.55 Å². The molecule has 11 aromatic carbocycles. The third-order valence-corrected chi connectivity index (χ3v) is 19.0. The Morgan fingerprint density at radius 2 is 0.978 bits per heavy atom. The normalized spacial score (nSPS) is 13.8. The van der Waals surface area contributed by atoms with Gasteiger partial charge in [-0.25, -0.2) is 4.98 Å². The van der Waals surface area contributed by atoms with E-state index in [-0.39, 0.29) is 37.3 Å². The van der Waals surface area contributed by atoms with Crippen molar-refractivity contribution in [2.75, 3.05) is 14.7 Å². The topological polar surface area (TPSA) is 36.8 Å². The van der Waals surface area contributed by atoms with Crippen LogP contribution in [0.25, 0.3) is 61.0 Å². The Balaban J connectivity index is 0.00000702. The Hall–Kier alpha value is -9.74. The van der Waals surface area contributed by atoms with Gasteiger partial charge in [0.15, 0.2) is 0 Å². The summed E-state index contributed by atoms with van der Waals surface area (Å²) in [6.07, 6.45) is 1.91. The molecule has 0 unspecified atom stereocenters. The number of hydrogen-bond donors (Lipinski definition) is 0. The fraction of sp³-hybridized carbons (Fsp3) is 0.153. The van der Waals surface area contributed by atoms with E-state index in [0.29, 0.717) is 11.5 Å². The molecular formula is C85H70N5OPt-3. The second-order valence-electron chi connectivity index (χ2n) is 27.7. The molecule has 0 bridgehead atoms. The molecule has 3 aliphatic rings. The zero-order valence-electron chi connectivity index (χ0n) is 53.3. The van der Waals surface area contributed by atoms with Gasteiger partial charge in [-0.3, -0.25) is 0 Å². The van der Waals surface area contributed by atoms with Crippen molar-refractivity contribution in [3.63, 3.8) is 0 Å². The number of pyridine rings is 1. The molecule has 4 heterocycles. The Morgan fingerprint density at radius 3 is 1.68 bits per heavy atom. The Bertz CT molecular complexity index is 4980. The van der Waals surface area contributed by atoms with Crippen LogP contribution in [-0.2, 0) is 42.7 Å². The van der Waals surface area contributed by atoms with Gasteiger partial charge in [-0.2, -0.15) is 12.1 Å². The van der Waals surface area contributed by atoms with Gasteiger partial charge < -0.3 is 24.0 Å². The van der Waals surface area contributed by atoms with E-state index in [2.05, 4.69) is 337 Å². The van der Waals surface area contributed by atoms with Crippen LogP contribution >= 0.6 is 0 Å². The van der Waals surface area contributed by atoms with Crippen LogP contribution in [0.1, 0.15) is 101 Å². The number of benzene rings is 11. The maximum absolute atomic E-state index is 6.87. The van der Waals surface area contributed by atoms with Gasteiger partial charge in [-0.1, -0.05) is 232 Å². The number of para-hydroxylation sites is 7. The average Bonchev–Trinajstić information content (AvgIpc) is 1.45. The molecule has 16 rings (SSSR count). The molecule has 1 aliphatic carbocycles. The Morgan fingerprint density at radius 1 is 0.424 bits per heavy atom.